The number of carbonyl (C=O) groups excluding carboxylic acids is 1. The van der Waals surface area contributed by atoms with Crippen molar-refractivity contribution in [3.8, 4) is 11.5 Å². The largest absolute Gasteiger partial charge is 0.454 e. The van der Waals surface area contributed by atoms with Crippen LogP contribution in [0.3, 0.4) is 0 Å². The molecule has 7 heteroatoms. The van der Waals surface area contributed by atoms with Crippen molar-refractivity contribution in [3.05, 3.63) is 57.6 Å². The van der Waals surface area contributed by atoms with Crippen LogP contribution in [0.25, 0.3) is 0 Å². The van der Waals surface area contributed by atoms with Crippen LogP contribution in [-0.4, -0.2) is 48.7 Å². The first kappa shape index (κ1) is 19.4. The van der Waals surface area contributed by atoms with Crippen molar-refractivity contribution in [2.75, 3.05) is 33.0 Å². The fourth-order valence-electron chi connectivity index (χ4n) is 3.61. The molecule has 148 valence electrons. The molecule has 4 rings (SSSR count). The molecular formula is C21H22Cl2N2O3. The number of hydrogen-bond acceptors (Lipinski definition) is 4. The van der Waals surface area contributed by atoms with Gasteiger partial charge in [-0.05, 0) is 41.8 Å². The number of ether oxygens (including phenoxy) is 2. The van der Waals surface area contributed by atoms with Crippen molar-refractivity contribution < 1.29 is 14.3 Å². The summed E-state index contributed by atoms with van der Waals surface area (Å²) in [4.78, 5) is 16.9. The number of piperazine rings is 1. The van der Waals surface area contributed by atoms with Gasteiger partial charge in [-0.25, -0.2) is 0 Å². The van der Waals surface area contributed by atoms with Gasteiger partial charge in [0.2, 0.25) is 12.7 Å². The molecule has 2 aromatic rings. The summed E-state index contributed by atoms with van der Waals surface area (Å²) in [5.74, 6) is 1.76. The number of carbonyl (C=O) groups is 1. The van der Waals surface area contributed by atoms with Crippen LogP contribution < -0.4 is 9.47 Å². The third-order valence-electron chi connectivity index (χ3n) is 5.22. The number of benzene rings is 2. The van der Waals surface area contributed by atoms with Crippen LogP contribution in [0, 0.1) is 0 Å². The molecule has 1 fully saturated rings. The maximum absolute atomic E-state index is 12.6. The Bertz CT molecular complexity index is 846. The van der Waals surface area contributed by atoms with Gasteiger partial charge in [0, 0.05) is 49.2 Å². The number of hydrogen-bond donors (Lipinski definition) is 0. The second-order valence-electron chi connectivity index (χ2n) is 7.04. The van der Waals surface area contributed by atoms with E-state index in [0.29, 0.717) is 29.7 Å². The van der Waals surface area contributed by atoms with E-state index in [1.165, 1.54) is 5.56 Å². The number of halogens is 2. The first-order chi connectivity index (χ1) is 13.6. The Kier molecular flexibility index (Phi) is 5.95. The summed E-state index contributed by atoms with van der Waals surface area (Å²) >= 11 is 12.4. The predicted octanol–water partition coefficient (Wildman–Crippen LogP) is 4.00. The van der Waals surface area contributed by atoms with Crippen LogP contribution in [0.1, 0.15) is 17.5 Å². The first-order valence-corrected chi connectivity index (χ1v) is 10.2. The van der Waals surface area contributed by atoms with Gasteiger partial charge < -0.3 is 14.4 Å². The summed E-state index contributed by atoms with van der Waals surface area (Å²) < 4.78 is 10.8. The van der Waals surface area contributed by atoms with Crippen molar-refractivity contribution >= 4 is 29.1 Å². The molecule has 0 radical (unpaired) electrons. The van der Waals surface area contributed by atoms with Crippen LogP contribution in [0.5, 0.6) is 11.5 Å². The lowest BCUT2D eigenvalue weighted by Gasteiger charge is -2.35. The Hall–Kier alpha value is -1.95. The van der Waals surface area contributed by atoms with E-state index in [1.54, 1.807) is 0 Å². The standard InChI is InChI=1S/C21H22Cl2N2O3/c22-17-2-1-3-18(23)16(17)5-7-21(26)25-10-8-24(9-11-25)13-15-4-6-19-20(12-15)28-14-27-19/h1-4,6,12H,5,7-11,13-14H2. The number of fused-ring (bicyclic) bond motifs is 1. The molecule has 0 atom stereocenters. The molecule has 0 aliphatic carbocycles. The molecule has 2 aliphatic rings. The lowest BCUT2D eigenvalue weighted by atomic mass is 10.1. The number of nitrogens with zero attached hydrogens (tertiary/aromatic N) is 2. The van der Waals surface area contributed by atoms with E-state index < -0.39 is 0 Å². The fraction of sp³-hybridized carbons (Fsp3) is 0.381. The minimum absolute atomic E-state index is 0.152. The summed E-state index contributed by atoms with van der Waals surface area (Å²) in [6, 6.07) is 11.5. The SMILES string of the molecule is O=C(CCc1c(Cl)cccc1Cl)N1CCN(Cc2ccc3c(c2)OCO3)CC1. The van der Waals surface area contributed by atoms with E-state index in [0.717, 1.165) is 49.8 Å². The van der Waals surface area contributed by atoms with Crippen LogP contribution >= 0.6 is 23.2 Å². The lowest BCUT2D eigenvalue weighted by Crippen LogP contribution is -2.48. The van der Waals surface area contributed by atoms with Crippen molar-refractivity contribution in [2.24, 2.45) is 0 Å². The van der Waals surface area contributed by atoms with Crippen LogP contribution in [0.2, 0.25) is 10.0 Å². The molecule has 0 N–H and O–H groups in total. The van der Waals surface area contributed by atoms with Gasteiger partial charge in [-0.1, -0.05) is 35.3 Å². The summed E-state index contributed by atoms with van der Waals surface area (Å²) in [6.07, 6.45) is 0.986. The number of amides is 1. The molecule has 1 saturated heterocycles. The topological polar surface area (TPSA) is 42.0 Å². The first-order valence-electron chi connectivity index (χ1n) is 9.42. The second kappa shape index (κ2) is 8.60. The summed E-state index contributed by atoms with van der Waals surface area (Å²) in [5.41, 5.74) is 2.04. The van der Waals surface area contributed by atoms with Gasteiger partial charge in [0.25, 0.3) is 0 Å². The fourth-order valence-corrected chi connectivity index (χ4v) is 4.20. The molecule has 0 saturated carbocycles. The van der Waals surface area contributed by atoms with Crippen LogP contribution in [0.15, 0.2) is 36.4 Å². The number of rotatable bonds is 5. The molecule has 28 heavy (non-hydrogen) atoms. The molecule has 1 amide bonds. The van der Waals surface area contributed by atoms with E-state index in [4.69, 9.17) is 32.7 Å². The molecule has 2 aliphatic heterocycles. The van der Waals surface area contributed by atoms with Crippen molar-refractivity contribution in [1.82, 2.24) is 9.80 Å². The van der Waals surface area contributed by atoms with E-state index in [1.807, 2.05) is 35.2 Å². The molecule has 2 heterocycles. The molecule has 0 unspecified atom stereocenters. The maximum Gasteiger partial charge on any atom is 0.231 e. The normalized spacial score (nSPS) is 16.4. The Labute approximate surface area is 174 Å². The molecule has 0 spiro atoms. The van der Waals surface area contributed by atoms with Gasteiger partial charge in [0.05, 0.1) is 0 Å². The minimum atomic E-state index is 0.152. The summed E-state index contributed by atoms with van der Waals surface area (Å²) in [7, 11) is 0. The highest BCUT2D eigenvalue weighted by atomic mass is 35.5. The van der Waals surface area contributed by atoms with Crippen LogP contribution in [0.4, 0.5) is 0 Å². The van der Waals surface area contributed by atoms with Gasteiger partial charge in [-0.2, -0.15) is 0 Å². The van der Waals surface area contributed by atoms with Gasteiger partial charge in [0.15, 0.2) is 11.5 Å². The molecule has 5 nitrogen and oxygen atoms in total. The Morgan fingerprint density at radius 1 is 0.964 bits per heavy atom. The zero-order valence-corrected chi connectivity index (χ0v) is 17.0. The summed E-state index contributed by atoms with van der Waals surface area (Å²) in [5, 5.41) is 1.24. The zero-order valence-electron chi connectivity index (χ0n) is 15.5. The van der Waals surface area contributed by atoms with Gasteiger partial charge >= 0.3 is 0 Å². The lowest BCUT2D eigenvalue weighted by molar-refractivity contribution is -0.132. The van der Waals surface area contributed by atoms with Crippen molar-refractivity contribution in [1.29, 1.82) is 0 Å². The Morgan fingerprint density at radius 3 is 2.43 bits per heavy atom. The van der Waals surface area contributed by atoms with Gasteiger partial charge in [-0.3, -0.25) is 9.69 Å². The molecule has 0 bridgehead atoms. The van der Waals surface area contributed by atoms with Gasteiger partial charge in [-0.15, -0.1) is 0 Å². The molecule has 0 aromatic heterocycles. The Balaban J connectivity index is 1.26. The average molecular weight is 421 g/mol. The van der Waals surface area contributed by atoms with E-state index in [2.05, 4.69) is 11.0 Å². The van der Waals surface area contributed by atoms with E-state index in [-0.39, 0.29) is 5.91 Å². The predicted molar refractivity (Wildman–Crippen MR) is 109 cm³/mol. The van der Waals surface area contributed by atoms with E-state index in [9.17, 15) is 4.79 Å². The van der Waals surface area contributed by atoms with Crippen LogP contribution in [-0.2, 0) is 17.8 Å². The summed E-state index contributed by atoms with van der Waals surface area (Å²) in [6.45, 7) is 4.31. The smallest absolute Gasteiger partial charge is 0.231 e. The third-order valence-corrected chi connectivity index (χ3v) is 5.93. The van der Waals surface area contributed by atoms with Crippen molar-refractivity contribution in [2.45, 2.75) is 19.4 Å². The quantitative estimate of drug-likeness (QED) is 0.732. The molecular weight excluding hydrogens is 399 g/mol. The highest BCUT2D eigenvalue weighted by Gasteiger charge is 2.22. The minimum Gasteiger partial charge on any atom is -0.454 e. The maximum atomic E-state index is 12.6. The van der Waals surface area contributed by atoms with Crippen molar-refractivity contribution in [3.63, 3.8) is 0 Å². The Morgan fingerprint density at radius 2 is 1.68 bits per heavy atom. The highest BCUT2D eigenvalue weighted by Crippen LogP contribution is 2.33. The molecule has 2 aromatic carbocycles. The monoisotopic (exact) mass is 420 g/mol. The average Bonchev–Trinajstić information content (AvgIpc) is 3.16. The van der Waals surface area contributed by atoms with Gasteiger partial charge in [0.1, 0.15) is 0 Å². The van der Waals surface area contributed by atoms with E-state index >= 15 is 0 Å². The second-order valence-corrected chi connectivity index (χ2v) is 7.86. The third kappa shape index (κ3) is 4.37. The zero-order chi connectivity index (χ0) is 19.5. The highest BCUT2D eigenvalue weighted by molar-refractivity contribution is 6.36.